The number of hydrogen-bond acceptors (Lipinski definition) is 8. The Morgan fingerprint density at radius 1 is 1.19 bits per heavy atom. The monoisotopic (exact) mass is 441 g/mol. The average molecular weight is 441 g/mol. The number of pyridine rings is 1. The van der Waals surface area contributed by atoms with Crippen molar-refractivity contribution in [3.8, 4) is 6.07 Å². The molecule has 3 N–H and O–H groups in total. The molecular weight excluding hydrogens is 427 g/mol. The van der Waals surface area contributed by atoms with Crippen LogP contribution in [0.15, 0.2) is 58.8 Å². The Morgan fingerprint density at radius 3 is 2.47 bits per heavy atom. The third-order valence-corrected chi connectivity index (χ3v) is 4.34. The number of nitrogen functional groups attached to an aromatic ring is 1. The number of nitro groups is 1. The second-order valence-electron chi connectivity index (χ2n) is 6.45. The van der Waals surface area contributed by atoms with Gasteiger partial charge in [-0.25, -0.2) is 4.98 Å². The SMILES string of the molecule is Cc1c(C#N)c(Nc2ccccc2)nc(N)c1N=Nc1ccc([N+](=O)[O-])cc1C(F)(F)F. The van der Waals surface area contributed by atoms with Gasteiger partial charge < -0.3 is 11.1 Å². The van der Waals surface area contributed by atoms with E-state index in [-0.39, 0.29) is 28.5 Å². The van der Waals surface area contributed by atoms with Crippen molar-refractivity contribution >= 4 is 34.4 Å². The number of alkyl halides is 3. The highest BCUT2D eigenvalue weighted by atomic mass is 19.4. The van der Waals surface area contributed by atoms with E-state index < -0.39 is 28.0 Å². The second kappa shape index (κ2) is 8.68. The smallest absolute Gasteiger partial charge is 0.382 e. The normalized spacial score (nSPS) is 11.3. The van der Waals surface area contributed by atoms with Gasteiger partial charge in [0.1, 0.15) is 11.8 Å². The number of nitro benzene ring substituents is 1. The van der Waals surface area contributed by atoms with E-state index >= 15 is 0 Å². The third kappa shape index (κ3) is 4.62. The minimum absolute atomic E-state index is 0.0803. The maximum absolute atomic E-state index is 13.3. The first-order valence-corrected chi connectivity index (χ1v) is 8.91. The van der Waals surface area contributed by atoms with Gasteiger partial charge in [-0.05, 0) is 25.1 Å². The molecule has 0 saturated carbocycles. The highest BCUT2D eigenvalue weighted by Gasteiger charge is 2.35. The summed E-state index contributed by atoms with van der Waals surface area (Å²) in [6.07, 6.45) is -4.90. The standard InChI is InChI=1S/C20H14F3N7O2/c1-11-14(10-24)19(26-12-5-3-2-4-6-12)27-18(25)17(11)29-28-16-8-7-13(30(31)32)9-15(16)20(21,22)23/h2-9H,1H3,(H3,25,26,27). The van der Waals surface area contributed by atoms with Crippen molar-refractivity contribution in [2.75, 3.05) is 11.1 Å². The minimum atomic E-state index is -4.90. The molecule has 0 aliphatic carbocycles. The fourth-order valence-corrected chi connectivity index (χ4v) is 2.78. The van der Waals surface area contributed by atoms with Crippen molar-refractivity contribution in [1.29, 1.82) is 5.26 Å². The summed E-state index contributed by atoms with van der Waals surface area (Å²) in [7, 11) is 0. The lowest BCUT2D eigenvalue weighted by Crippen LogP contribution is -2.06. The second-order valence-corrected chi connectivity index (χ2v) is 6.45. The highest BCUT2D eigenvalue weighted by molar-refractivity contribution is 5.75. The first-order valence-electron chi connectivity index (χ1n) is 8.91. The summed E-state index contributed by atoms with van der Waals surface area (Å²) in [6.45, 7) is 1.50. The van der Waals surface area contributed by atoms with Crippen LogP contribution < -0.4 is 11.1 Å². The maximum atomic E-state index is 13.3. The minimum Gasteiger partial charge on any atom is -0.382 e. The van der Waals surface area contributed by atoms with E-state index in [0.29, 0.717) is 11.8 Å². The molecule has 0 aliphatic heterocycles. The Labute approximate surface area is 179 Å². The van der Waals surface area contributed by atoms with Gasteiger partial charge in [0.2, 0.25) is 0 Å². The van der Waals surface area contributed by atoms with Gasteiger partial charge >= 0.3 is 6.18 Å². The Bertz CT molecular complexity index is 1250. The summed E-state index contributed by atoms with van der Waals surface area (Å²) in [4.78, 5) is 14.0. The number of halogens is 3. The molecule has 0 aliphatic rings. The quantitative estimate of drug-likeness (QED) is 0.285. The molecule has 162 valence electrons. The molecule has 0 radical (unpaired) electrons. The predicted octanol–water partition coefficient (Wildman–Crippen LogP) is 5.93. The number of nitrogens with one attached hydrogen (secondary N) is 1. The lowest BCUT2D eigenvalue weighted by atomic mass is 10.1. The lowest BCUT2D eigenvalue weighted by molar-refractivity contribution is -0.385. The van der Waals surface area contributed by atoms with Crippen LogP contribution in [0, 0.1) is 28.4 Å². The molecule has 9 nitrogen and oxygen atoms in total. The van der Waals surface area contributed by atoms with E-state index in [9.17, 15) is 28.5 Å². The number of para-hydroxylation sites is 1. The molecule has 0 bridgehead atoms. The van der Waals surface area contributed by atoms with Crippen molar-refractivity contribution in [2.24, 2.45) is 10.2 Å². The van der Waals surface area contributed by atoms with Crippen molar-refractivity contribution in [3.63, 3.8) is 0 Å². The van der Waals surface area contributed by atoms with Gasteiger partial charge in [-0.15, -0.1) is 10.2 Å². The summed E-state index contributed by atoms with van der Waals surface area (Å²) in [5, 5.41) is 30.7. The van der Waals surface area contributed by atoms with Crippen LogP contribution in [0.1, 0.15) is 16.7 Å². The van der Waals surface area contributed by atoms with Crippen LogP contribution in [-0.4, -0.2) is 9.91 Å². The van der Waals surface area contributed by atoms with Crippen LogP contribution >= 0.6 is 0 Å². The molecule has 0 amide bonds. The van der Waals surface area contributed by atoms with Gasteiger partial charge in [0.25, 0.3) is 5.69 Å². The lowest BCUT2D eigenvalue weighted by Gasteiger charge is -2.13. The predicted molar refractivity (Wildman–Crippen MR) is 110 cm³/mol. The number of nitrogens with two attached hydrogens (primary N) is 1. The molecule has 0 spiro atoms. The molecule has 3 aromatic rings. The van der Waals surface area contributed by atoms with E-state index in [1.807, 2.05) is 6.07 Å². The van der Waals surface area contributed by atoms with Crippen LogP contribution in [0.5, 0.6) is 0 Å². The summed E-state index contributed by atoms with van der Waals surface area (Å²) in [6, 6.07) is 12.9. The Balaban J connectivity index is 2.05. The number of azo groups is 1. The van der Waals surface area contributed by atoms with Gasteiger partial charge in [0.05, 0.1) is 21.7 Å². The van der Waals surface area contributed by atoms with E-state index in [4.69, 9.17) is 5.73 Å². The molecule has 0 fully saturated rings. The summed E-state index contributed by atoms with van der Waals surface area (Å²) >= 11 is 0. The topological polar surface area (TPSA) is 143 Å². The zero-order valence-corrected chi connectivity index (χ0v) is 16.4. The summed E-state index contributed by atoms with van der Waals surface area (Å²) in [5.74, 6) is -0.0156. The summed E-state index contributed by atoms with van der Waals surface area (Å²) in [5.41, 5.74) is 4.09. The van der Waals surface area contributed by atoms with Crippen molar-refractivity contribution in [3.05, 3.63) is 75.3 Å². The van der Waals surface area contributed by atoms with E-state index in [1.54, 1.807) is 30.3 Å². The van der Waals surface area contributed by atoms with E-state index in [0.717, 1.165) is 12.1 Å². The van der Waals surface area contributed by atoms with Crippen molar-refractivity contribution in [2.45, 2.75) is 13.1 Å². The molecule has 3 rings (SSSR count). The first kappa shape index (κ1) is 22.2. The van der Waals surface area contributed by atoms with Gasteiger partial charge in [0.15, 0.2) is 11.6 Å². The maximum Gasteiger partial charge on any atom is 0.418 e. The van der Waals surface area contributed by atoms with Crippen molar-refractivity contribution in [1.82, 2.24) is 4.98 Å². The van der Waals surface area contributed by atoms with Gasteiger partial charge in [-0.3, -0.25) is 10.1 Å². The van der Waals surface area contributed by atoms with Crippen LogP contribution in [0.4, 0.5) is 47.6 Å². The number of benzene rings is 2. The third-order valence-electron chi connectivity index (χ3n) is 4.34. The van der Waals surface area contributed by atoms with Crippen LogP contribution in [0.2, 0.25) is 0 Å². The molecule has 1 heterocycles. The molecule has 0 unspecified atom stereocenters. The molecule has 2 aromatic carbocycles. The van der Waals surface area contributed by atoms with Crippen LogP contribution in [-0.2, 0) is 6.18 Å². The fraction of sp³-hybridized carbons (Fsp3) is 0.100. The van der Waals surface area contributed by atoms with Crippen LogP contribution in [0.25, 0.3) is 0 Å². The number of rotatable bonds is 5. The molecule has 12 heteroatoms. The van der Waals surface area contributed by atoms with Gasteiger partial charge in [-0.1, -0.05) is 18.2 Å². The Kier molecular flexibility index (Phi) is 6.01. The number of nitrogens with zero attached hydrogens (tertiary/aromatic N) is 5. The number of aromatic nitrogens is 1. The highest BCUT2D eigenvalue weighted by Crippen LogP contribution is 2.40. The number of hydrogen-bond donors (Lipinski definition) is 2. The summed E-state index contributed by atoms with van der Waals surface area (Å²) < 4.78 is 40.0. The number of non-ortho nitro benzene ring substituents is 1. The molecule has 0 atom stereocenters. The largest absolute Gasteiger partial charge is 0.418 e. The fourth-order valence-electron chi connectivity index (χ4n) is 2.78. The molecular formula is C20H14F3N7O2. The van der Waals surface area contributed by atoms with Gasteiger partial charge in [-0.2, -0.15) is 18.4 Å². The zero-order valence-electron chi connectivity index (χ0n) is 16.4. The number of anilines is 3. The first-order chi connectivity index (χ1) is 15.1. The Morgan fingerprint density at radius 2 is 1.88 bits per heavy atom. The van der Waals surface area contributed by atoms with Crippen molar-refractivity contribution < 1.29 is 18.1 Å². The molecule has 0 saturated heterocycles. The van der Waals surface area contributed by atoms with E-state index in [1.165, 1.54) is 6.92 Å². The van der Waals surface area contributed by atoms with Crippen LogP contribution in [0.3, 0.4) is 0 Å². The zero-order chi connectivity index (χ0) is 23.5. The number of nitriles is 1. The van der Waals surface area contributed by atoms with Gasteiger partial charge in [0, 0.05) is 23.4 Å². The molecule has 1 aromatic heterocycles. The Hall–Kier alpha value is -4.53. The van der Waals surface area contributed by atoms with E-state index in [2.05, 4.69) is 20.5 Å². The average Bonchev–Trinajstić information content (AvgIpc) is 2.73. The molecule has 32 heavy (non-hydrogen) atoms.